The highest BCUT2D eigenvalue weighted by Gasteiger charge is 2.19. The fraction of sp³-hybridized carbons (Fsp3) is 0.333. The van der Waals surface area contributed by atoms with Crippen molar-refractivity contribution < 1.29 is 0 Å². The molecule has 0 amide bonds. The SMILES string of the molecule is CCNC(c1cc(Br)c(Cl)s1)c1ccccc1CC. The average Bonchev–Trinajstić information content (AvgIpc) is 2.76. The molecule has 1 aromatic heterocycles. The zero-order valence-corrected chi connectivity index (χ0v) is 14.2. The minimum absolute atomic E-state index is 0.218. The zero-order chi connectivity index (χ0) is 13.8. The summed E-state index contributed by atoms with van der Waals surface area (Å²) in [6.45, 7) is 5.25. The van der Waals surface area contributed by atoms with E-state index < -0.39 is 0 Å². The molecule has 1 unspecified atom stereocenters. The number of halogens is 2. The summed E-state index contributed by atoms with van der Waals surface area (Å²) in [6.07, 6.45) is 1.04. The third-order valence-electron chi connectivity index (χ3n) is 3.10. The Kier molecular flexibility index (Phi) is 5.46. The molecule has 0 saturated heterocycles. The number of rotatable bonds is 5. The summed E-state index contributed by atoms with van der Waals surface area (Å²) in [4.78, 5) is 1.25. The van der Waals surface area contributed by atoms with Crippen LogP contribution < -0.4 is 5.32 Å². The number of nitrogens with one attached hydrogen (secondary N) is 1. The van der Waals surface area contributed by atoms with Gasteiger partial charge in [-0.15, -0.1) is 11.3 Å². The van der Waals surface area contributed by atoms with Crippen LogP contribution in [0.4, 0.5) is 0 Å². The van der Waals surface area contributed by atoms with Crippen molar-refractivity contribution in [1.82, 2.24) is 5.32 Å². The Bertz CT molecular complexity index is 533. The van der Waals surface area contributed by atoms with Crippen LogP contribution in [0.5, 0.6) is 0 Å². The van der Waals surface area contributed by atoms with Crippen molar-refractivity contribution in [3.8, 4) is 0 Å². The molecule has 1 aromatic carbocycles. The van der Waals surface area contributed by atoms with Gasteiger partial charge in [-0.2, -0.15) is 0 Å². The normalized spacial score (nSPS) is 12.6. The first kappa shape index (κ1) is 15.0. The molecule has 1 N–H and O–H groups in total. The minimum Gasteiger partial charge on any atom is -0.306 e. The van der Waals surface area contributed by atoms with Crippen molar-refractivity contribution >= 4 is 38.9 Å². The van der Waals surface area contributed by atoms with Gasteiger partial charge in [0, 0.05) is 9.35 Å². The van der Waals surface area contributed by atoms with Crippen LogP contribution in [0.2, 0.25) is 4.34 Å². The van der Waals surface area contributed by atoms with Crippen molar-refractivity contribution in [3.63, 3.8) is 0 Å². The lowest BCUT2D eigenvalue weighted by molar-refractivity contribution is 0.634. The van der Waals surface area contributed by atoms with Crippen molar-refractivity contribution in [2.75, 3.05) is 6.54 Å². The highest BCUT2D eigenvalue weighted by molar-refractivity contribution is 9.10. The molecule has 1 nitrogen and oxygen atoms in total. The van der Waals surface area contributed by atoms with Crippen molar-refractivity contribution in [2.24, 2.45) is 0 Å². The Morgan fingerprint density at radius 3 is 2.63 bits per heavy atom. The first-order valence-corrected chi connectivity index (χ1v) is 8.42. The monoisotopic (exact) mass is 357 g/mol. The Morgan fingerprint density at radius 2 is 2.05 bits per heavy atom. The lowest BCUT2D eigenvalue weighted by Crippen LogP contribution is -2.22. The maximum Gasteiger partial charge on any atom is 0.107 e. The van der Waals surface area contributed by atoms with Crippen molar-refractivity contribution in [2.45, 2.75) is 26.3 Å². The summed E-state index contributed by atoms with van der Waals surface area (Å²) < 4.78 is 1.79. The van der Waals surface area contributed by atoms with E-state index in [2.05, 4.69) is 65.4 Å². The number of aryl methyl sites for hydroxylation is 1. The molecule has 0 fully saturated rings. The molecule has 0 radical (unpaired) electrons. The molecule has 0 spiro atoms. The van der Waals surface area contributed by atoms with Crippen LogP contribution in [0.3, 0.4) is 0 Å². The molecule has 0 aliphatic heterocycles. The average molecular weight is 359 g/mol. The van der Waals surface area contributed by atoms with Crippen LogP contribution in [0.15, 0.2) is 34.8 Å². The van der Waals surface area contributed by atoms with Gasteiger partial charge >= 0.3 is 0 Å². The van der Waals surface area contributed by atoms with E-state index in [1.165, 1.54) is 16.0 Å². The molecule has 1 atom stereocenters. The molecular weight excluding hydrogens is 342 g/mol. The van der Waals surface area contributed by atoms with Gasteiger partial charge in [0.1, 0.15) is 4.34 Å². The molecule has 0 aliphatic rings. The minimum atomic E-state index is 0.218. The summed E-state index contributed by atoms with van der Waals surface area (Å²) in [5.74, 6) is 0. The maximum absolute atomic E-state index is 6.18. The molecule has 19 heavy (non-hydrogen) atoms. The lowest BCUT2D eigenvalue weighted by Gasteiger charge is -2.20. The number of hydrogen-bond donors (Lipinski definition) is 1. The van der Waals surface area contributed by atoms with E-state index in [-0.39, 0.29) is 6.04 Å². The smallest absolute Gasteiger partial charge is 0.107 e. The van der Waals surface area contributed by atoms with Gasteiger partial charge in [-0.3, -0.25) is 0 Å². The van der Waals surface area contributed by atoms with Gasteiger partial charge in [-0.05, 0) is 46.1 Å². The largest absolute Gasteiger partial charge is 0.306 e. The lowest BCUT2D eigenvalue weighted by atomic mass is 9.97. The molecule has 0 aliphatic carbocycles. The van der Waals surface area contributed by atoms with Crippen LogP contribution in [-0.2, 0) is 6.42 Å². The van der Waals surface area contributed by atoms with Crippen LogP contribution in [0, 0.1) is 0 Å². The van der Waals surface area contributed by atoms with E-state index in [4.69, 9.17) is 11.6 Å². The Morgan fingerprint density at radius 1 is 1.32 bits per heavy atom. The van der Waals surface area contributed by atoms with E-state index >= 15 is 0 Å². The van der Waals surface area contributed by atoms with Gasteiger partial charge in [0.05, 0.1) is 6.04 Å². The fourth-order valence-electron chi connectivity index (χ4n) is 2.21. The third kappa shape index (κ3) is 3.40. The van der Waals surface area contributed by atoms with E-state index in [1.54, 1.807) is 11.3 Å². The third-order valence-corrected chi connectivity index (χ3v) is 5.64. The predicted octanol–water partition coefficient (Wildman–Crippen LogP) is 5.43. The first-order chi connectivity index (χ1) is 9.17. The molecule has 4 heteroatoms. The topological polar surface area (TPSA) is 12.0 Å². The maximum atomic E-state index is 6.18. The zero-order valence-electron chi connectivity index (χ0n) is 11.0. The summed E-state index contributed by atoms with van der Waals surface area (Å²) in [5, 5.41) is 3.56. The van der Waals surface area contributed by atoms with Crippen LogP contribution in [-0.4, -0.2) is 6.54 Å². The second-order valence-electron chi connectivity index (χ2n) is 4.31. The predicted molar refractivity (Wildman–Crippen MR) is 88.4 cm³/mol. The van der Waals surface area contributed by atoms with Gasteiger partial charge in [0.15, 0.2) is 0 Å². The number of hydrogen-bond acceptors (Lipinski definition) is 2. The Labute approximate surface area is 132 Å². The van der Waals surface area contributed by atoms with Gasteiger partial charge in [-0.25, -0.2) is 0 Å². The van der Waals surface area contributed by atoms with Crippen molar-refractivity contribution in [1.29, 1.82) is 0 Å². The van der Waals surface area contributed by atoms with E-state index in [0.29, 0.717) is 0 Å². The van der Waals surface area contributed by atoms with Crippen LogP contribution in [0.25, 0.3) is 0 Å². The molecule has 2 aromatic rings. The summed E-state index contributed by atoms with van der Waals surface area (Å²) in [7, 11) is 0. The number of thiophene rings is 1. The molecule has 0 saturated carbocycles. The summed E-state index contributed by atoms with van der Waals surface area (Å²) in [6, 6.07) is 10.9. The van der Waals surface area contributed by atoms with Crippen LogP contribution >= 0.6 is 38.9 Å². The van der Waals surface area contributed by atoms with Crippen molar-refractivity contribution in [3.05, 3.63) is 55.1 Å². The highest BCUT2D eigenvalue weighted by atomic mass is 79.9. The molecular formula is C15H17BrClNS. The quantitative estimate of drug-likeness (QED) is 0.752. The molecule has 2 rings (SSSR count). The fourth-order valence-corrected chi connectivity index (χ4v) is 4.04. The first-order valence-electron chi connectivity index (χ1n) is 6.43. The highest BCUT2D eigenvalue weighted by Crippen LogP contribution is 2.38. The van der Waals surface area contributed by atoms with Crippen LogP contribution in [0.1, 0.15) is 35.9 Å². The van der Waals surface area contributed by atoms with Gasteiger partial charge in [0.2, 0.25) is 0 Å². The molecule has 0 bridgehead atoms. The number of benzene rings is 1. The summed E-state index contributed by atoms with van der Waals surface area (Å²) >= 11 is 11.3. The molecule has 102 valence electrons. The summed E-state index contributed by atoms with van der Waals surface area (Å²) in [5.41, 5.74) is 2.73. The van der Waals surface area contributed by atoms with Gasteiger partial charge < -0.3 is 5.32 Å². The molecule has 1 heterocycles. The van der Waals surface area contributed by atoms with E-state index in [9.17, 15) is 0 Å². The van der Waals surface area contributed by atoms with Gasteiger partial charge in [-0.1, -0.05) is 49.7 Å². The second kappa shape index (κ2) is 6.89. The van der Waals surface area contributed by atoms with E-state index in [1.807, 2.05) is 0 Å². The Hall–Kier alpha value is -0.350. The van der Waals surface area contributed by atoms with Gasteiger partial charge in [0.25, 0.3) is 0 Å². The standard InChI is InChI=1S/C15H17BrClNS/c1-3-10-7-5-6-8-11(10)14(18-4-2)13-9-12(16)15(17)19-13/h5-9,14,18H,3-4H2,1-2H3. The van der Waals surface area contributed by atoms with E-state index in [0.717, 1.165) is 21.8 Å². The second-order valence-corrected chi connectivity index (χ2v) is 6.85. The Balaban J connectivity index is 2.44.